The number of esters is 1. The Kier molecular flexibility index (Phi) is 5.93. The van der Waals surface area contributed by atoms with E-state index >= 15 is 0 Å². The Morgan fingerprint density at radius 2 is 1.92 bits per heavy atom. The van der Waals surface area contributed by atoms with E-state index in [1.54, 1.807) is 32.0 Å². The monoisotopic (exact) mass is 349 g/mol. The molecule has 0 aliphatic heterocycles. The number of carbonyl (C=O) groups excluding carboxylic acids is 2. The predicted molar refractivity (Wildman–Crippen MR) is 90.4 cm³/mol. The van der Waals surface area contributed by atoms with Gasteiger partial charge in [-0.2, -0.15) is 0 Å². The molecule has 0 aliphatic rings. The number of halogens is 2. The number of amides is 1. The van der Waals surface area contributed by atoms with E-state index in [1.165, 1.54) is 24.3 Å². The van der Waals surface area contributed by atoms with Gasteiger partial charge in [-0.25, -0.2) is 9.18 Å². The Morgan fingerprint density at radius 1 is 1.21 bits per heavy atom. The highest BCUT2D eigenvalue weighted by atomic mass is 35.5. The maximum absolute atomic E-state index is 13.7. The van der Waals surface area contributed by atoms with Crippen molar-refractivity contribution >= 4 is 29.2 Å². The van der Waals surface area contributed by atoms with Crippen molar-refractivity contribution in [1.82, 2.24) is 0 Å². The van der Waals surface area contributed by atoms with Gasteiger partial charge >= 0.3 is 5.97 Å². The minimum absolute atomic E-state index is 0.122. The summed E-state index contributed by atoms with van der Waals surface area (Å²) in [4.78, 5) is 23.8. The van der Waals surface area contributed by atoms with E-state index in [4.69, 9.17) is 16.3 Å². The van der Waals surface area contributed by atoms with E-state index in [2.05, 4.69) is 5.32 Å². The molecular formula is C18H17ClFNO3. The highest BCUT2D eigenvalue weighted by molar-refractivity contribution is 6.31. The molecule has 6 heteroatoms. The molecule has 0 unspecified atom stereocenters. The molecular weight excluding hydrogens is 333 g/mol. The summed E-state index contributed by atoms with van der Waals surface area (Å²) in [6, 6.07) is 10.6. The zero-order valence-corrected chi connectivity index (χ0v) is 14.1. The van der Waals surface area contributed by atoms with Gasteiger partial charge in [-0.05, 0) is 30.3 Å². The van der Waals surface area contributed by atoms with Gasteiger partial charge in [0.25, 0.3) is 0 Å². The number of benzene rings is 2. The number of carbonyl (C=O) groups is 2. The molecule has 24 heavy (non-hydrogen) atoms. The van der Waals surface area contributed by atoms with Crippen molar-refractivity contribution in [2.24, 2.45) is 5.92 Å². The first kappa shape index (κ1) is 17.9. The van der Waals surface area contributed by atoms with E-state index in [0.29, 0.717) is 5.69 Å². The Morgan fingerprint density at radius 3 is 2.58 bits per heavy atom. The van der Waals surface area contributed by atoms with E-state index in [9.17, 15) is 14.0 Å². The van der Waals surface area contributed by atoms with Crippen molar-refractivity contribution in [2.75, 3.05) is 5.32 Å². The van der Waals surface area contributed by atoms with Crippen LogP contribution in [0.4, 0.5) is 10.1 Å². The van der Waals surface area contributed by atoms with Crippen LogP contribution in [-0.2, 0) is 16.1 Å². The molecule has 2 aromatic rings. The van der Waals surface area contributed by atoms with E-state index in [1.807, 2.05) is 0 Å². The Bertz CT molecular complexity index is 741. The third kappa shape index (κ3) is 4.55. The van der Waals surface area contributed by atoms with Crippen LogP contribution in [0, 0.1) is 11.7 Å². The molecule has 126 valence electrons. The van der Waals surface area contributed by atoms with Gasteiger partial charge in [0.05, 0.1) is 10.6 Å². The summed E-state index contributed by atoms with van der Waals surface area (Å²) in [5.74, 6) is -1.49. The highest BCUT2D eigenvalue weighted by Crippen LogP contribution is 2.20. The molecule has 0 heterocycles. The number of ether oxygens (including phenoxy) is 1. The maximum atomic E-state index is 13.7. The minimum atomic E-state index is -0.630. The van der Waals surface area contributed by atoms with Crippen molar-refractivity contribution < 1.29 is 18.7 Å². The number of nitrogens with one attached hydrogen (secondary N) is 1. The van der Waals surface area contributed by atoms with Gasteiger partial charge in [0.15, 0.2) is 0 Å². The molecule has 1 N–H and O–H groups in total. The fourth-order valence-electron chi connectivity index (χ4n) is 1.90. The zero-order chi connectivity index (χ0) is 17.7. The zero-order valence-electron chi connectivity index (χ0n) is 13.3. The lowest BCUT2D eigenvalue weighted by atomic mass is 10.1. The number of hydrogen-bond donors (Lipinski definition) is 1. The largest absolute Gasteiger partial charge is 0.457 e. The molecule has 2 aromatic carbocycles. The predicted octanol–water partition coefficient (Wildman–Crippen LogP) is 4.43. The molecule has 0 bridgehead atoms. The minimum Gasteiger partial charge on any atom is -0.457 e. The Balaban J connectivity index is 2.06. The van der Waals surface area contributed by atoms with Crippen LogP contribution in [0.25, 0.3) is 0 Å². The molecule has 0 fully saturated rings. The Hall–Kier alpha value is -2.40. The maximum Gasteiger partial charge on any atom is 0.338 e. The second-order valence-electron chi connectivity index (χ2n) is 5.50. The van der Waals surface area contributed by atoms with Crippen LogP contribution in [0.1, 0.15) is 29.8 Å². The van der Waals surface area contributed by atoms with Gasteiger partial charge in [0.1, 0.15) is 12.4 Å². The van der Waals surface area contributed by atoms with E-state index in [-0.39, 0.29) is 34.6 Å². The van der Waals surface area contributed by atoms with Crippen LogP contribution in [0.3, 0.4) is 0 Å². The lowest BCUT2D eigenvalue weighted by molar-refractivity contribution is -0.118. The Labute approximate surface area is 144 Å². The molecule has 1 amide bonds. The normalized spacial score (nSPS) is 10.5. The molecule has 0 radical (unpaired) electrons. The third-order valence-electron chi connectivity index (χ3n) is 3.30. The van der Waals surface area contributed by atoms with E-state index in [0.717, 1.165) is 0 Å². The SMILES string of the molecule is CC(C)C(=O)Nc1cccc(C(=O)OCc2c(F)cccc2Cl)c1. The van der Waals surface area contributed by atoms with Crippen molar-refractivity contribution in [3.05, 3.63) is 64.4 Å². The van der Waals surface area contributed by atoms with Crippen LogP contribution in [0.2, 0.25) is 5.02 Å². The van der Waals surface area contributed by atoms with Crippen LogP contribution in [-0.4, -0.2) is 11.9 Å². The lowest BCUT2D eigenvalue weighted by Crippen LogP contribution is -2.18. The lowest BCUT2D eigenvalue weighted by Gasteiger charge is -2.10. The number of anilines is 1. The van der Waals surface area contributed by atoms with Gasteiger partial charge in [0, 0.05) is 17.2 Å². The van der Waals surface area contributed by atoms with Crippen LogP contribution in [0.15, 0.2) is 42.5 Å². The standard InChI is InChI=1S/C18H17ClFNO3/c1-11(2)17(22)21-13-6-3-5-12(9-13)18(23)24-10-14-15(19)7-4-8-16(14)20/h3-9,11H,10H2,1-2H3,(H,21,22). The molecule has 0 aromatic heterocycles. The van der Waals surface area contributed by atoms with Crippen molar-refractivity contribution in [3.8, 4) is 0 Å². The topological polar surface area (TPSA) is 55.4 Å². The molecule has 0 saturated heterocycles. The van der Waals surface area contributed by atoms with Gasteiger partial charge in [-0.3, -0.25) is 4.79 Å². The van der Waals surface area contributed by atoms with Gasteiger partial charge < -0.3 is 10.1 Å². The van der Waals surface area contributed by atoms with Crippen LogP contribution >= 0.6 is 11.6 Å². The van der Waals surface area contributed by atoms with E-state index < -0.39 is 11.8 Å². The smallest absolute Gasteiger partial charge is 0.338 e. The fraction of sp³-hybridized carbons (Fsp3) is 0.222. The summed E-state index contributed by atoms with van der Waals surface area (Å²) in [6.45, 7) is 3.27. The summed E-state index contributed by atoms with van der Waals surface area (Å²) < 4.78 is 18.8. The van der Waals surface area contributed by atoms with Crippen molar-refractivity contribution in [1.29, 1.82) is 0 Å². The van der Waals surface area contributed by atoms with Crippen LogP contribution in [0.5, 0.6) is 0 Å². The average Bonchev–Trinajstić information content (AvgIpc) is 2.54. The summed E-state index contributed by atoms with van der Waals surface area (Å²) in [5.41, 5.74) is 0.868. The quantitative estimate of drug-likeness (QED) is 0.812. The highest BCUT2D eigenvalue weighted by Gasteiger charge is 2.13. The molecule has 0 spiro atoms. The van der Waals surface area contributed by atoms with Crippen LogP contribution < -0.4 is 5.32 Å². The number of rotatable bonds is 5. The van der Waals surface area contributed by atoms with Crippen molar-refractivity contribution in [2.45, 2.75) is 20.5 Å². The first-order valence-electron chi connectivity index (χ1n) is 7.39. The summed E-state index contributed by atoms with van der Waals surface area (Å²) in [6.07, 6.45) is 0. The second kappa shape index (κ2) is 7.93. The fourth-order valence-corrected chi connectivity index (χ4v) is 2.12. The van der Waals surface area contributed by atoms with Gasteiger partial charge in [-0.15, -0.1) is 0 Å². The molecule has 0 atom stereocenters. The summed E-state index contributed by atoms with van der Waals surface area (Å²) in [7, 11) is 0. The van der Waals surface area contributed by atoms with Crippen molar-refractivity contribution in [3.63, 3.8) is 0 Å². The summed E-state index contributed by atoms with van der Waals surface area (Å²) >= 11 is 5.89. The summed E-state index contributed by atoms with van der Waals surface area (Å²) in [5, 5.41) is 2.90. The van der Waals surface area contributed by atoms with Gasteiger partial charge in [0.2, 0.25) is 5.91 Å². The molecule has 4 nitrogen and oxygen atoms in total. The second-order valence-corrected chi connectivity index (χ2v) is 5.91. The molecule has 2 rings (SSSR count). The van der Waals surface area contributed by atoms with Gasteiger partial charge in [-0.1, -0.05) is 37.6 Å². The average molecular weight is 350 g/mol. The molecule has 0 saturated carbocycles. The third-order valence-corrected chi connectivity index (χ3v) is 3.65. The first-order chi connectivity index (χ1) is 11.4. The first-order valence-corrected chi connectivity index (χ1v) is 7.77. The number of hydrogen-bond acceptors (Lipinski definition) is 3. The molecule has 0 aliphatic carbocycles.